The Labute approximate surface area is 162 Å². The van der Waals surface area contributed by atoms with Gasteiger partial charge in [0.1, 0.15) is 5.76 Å². The van der Waals surface area contributed by atoms with Crippen LogP contribution in [-0.2, 0) is 12.8 Å². The quantitative estimate of drug-likeness (QED) is 0.867. The molecular weight excluding hydrogens is 362 g/mol. The van der Waals surface area contributed by atoms with Crippen molar-refractivity contribution in [1.29, 1.82) is 0 Å². The van der Waals surface area contributed by atoms with E-state index in [0.717, 1.165) is 61.3 Å². The Morgan fingerprint density at radius 1 is 1.26 bits per heavy atom. The molecule has 6 nitrogen and oxygen atoms in total. The van der Waals surface area contributed by atoms with Gasteiger partial charge in [-0.05, 0) is 58.1 Å². The molecule has 2 aromatic heterocycles. The Bertz CT molecular complexity index is 855. The number of nitrogens with zero attached hydrogens (tertiary/aromatic N) is 2. The van der Waals surface area contributed by atoms with Crippen LogP contribution in [0.15, 0.2) is 16.7 Å². The molecule has 0 saturated carbocycles. The molecule has 0 spiro atoms. The molecule has 0 unspecified atom stereocenters. The lowest BCUT2D eigenvalue weighted by Crippen LogP contribution is -2.31. The molecule has 0 bridgehead atoms. The van der Waals surface area contributed by atoms with Gasteiger partial charge in [-0.15, -0.1) is 11.3 Å². The van der Waals surface area contributed by atoms with E-state index in [2.05, 4.69) is 10.5 Å². The first-order valence-corrected chi connectivity index (χ1v) is 10.5. The largest absolute Gasteiger partial charge is 0.360 e. The van der Waals surface area contributed by atoms with Crippen LogP contribution in [0.5, 0.6) is 0 Å². The number of hydrogen-bond donors (Lipinski definition) is 1. The first-order chi connectivity index (χ1) is 13.0. The Kier molecular flexibility index (Phi) is 5.04. The van der Waals surface area contributed by atoms with Crippen LogP contribution in [0.25, 0.3) is 0 Å². The Morgan fingerprint density at radius 2 is 2.07 bits per heavy atom. The summed E-state index contributed by atoms with van der Waals surface area (Å²) < 4.78 is 5.43. The van der Waals surface area contributed by atoms with E-state index in [-0.39, 0.29) is 23.9 Å². The predicted molar refractivity (Wildman–Crippen MR) is 103 cm³/mol. The summed E-state index contributed by atoms with van der Waals surface area (Å²) in [5, 5.41) is 7.03. The maximum atomic E-state index is 13.2. The number of likely N-dealkylation sites (tertiary alicyclic amines) is 1. The van der Waals surface area contributed by atoms with E-state index in [9.17, 15) is 9.59 Å². The Hall–Kier alpha value is -2.15. The van der Waals surface area contributed by atoms with E-state index in [0.29, 0.717) is 10.6 Å². The molecule has 144 valence electrons. The fourth-order valence-electron chi connectivity index (χ4n) is 3.98. The van der Waals surface area contributed by atoms with Crippen LogP contribution in [-0.4, -0.2) is 34.5 Å². The smallest absolute Gasteiger partial charge is 0.276 e. The van der Waals surface area contributed by atoms with E-state index >= 15 is 0 Å². The SMILES string of the molecule is CC(C)NC(=O)c1ccc([C@@H]2CCCN2C(=O)c2noc3c2CCCC3)s1. The van der Waals surface area contributed by atoms with Crippen LogP contribution in [0.3, 0.4) is 0 Å². The van der Waals surface area contributed by atoms with Gasteiger partial charge in [-0.3, -0.25) is 9.59 Å². The molecule has 2 amide bonds. The minimum absolute atomic E-state index is 0.0130. The third-order valence-corrected chi connectivity index (χ3v) is 6.45. The fourth-order valence-corrected chi connectivity index (χ4v) is 5.04. The Morgan fingerprint density at radius 3 is 2.89 bits per heavy atom. The summed E-state index contributed by atoms with van der Waals surface area (Å²) in [5.41, 5.74) is 1.49. The molecule has 4 rings (SSSR count). The molecule has 1 saturated heterocycles. The molecule has 2 aromatic rings. The van der Waals surface area contributed by atoms with Crippen LogP contribution in [0.4, 0.5) is 0 Å². The molecule has 1 aliphatic heterocycles. The van der Waals surface area contributed by atoms with Crippen molar-refractivity contribution < 1.29 is 14.1 Å². The molecule has 0 aromatic carbocycles. The van der Waals surface area contributed by atoms with Crippen molar-refractivity contribution in [3.63, 3.8) is 0 Å². The summed E-state index contributed by atoms with van der Waals surface area (Å²) in [6.07, 6.45) is 5.80. The third kappa shape index (κ3) is 3.52. The average molecular weight is 388 g/mol. The zero-order valence-electron chi connectivity index (χ0n) is 15.8. The van der Waals surface area contributed by atoms with Gasteiger partial charge in [0.15, 0.2) is 5.69 Å². The summed E-state index contributed by atoms with van der Waals surface area (Å²) >= 11 is 1.48. The second-order valence-electron chi connectivity index (χ2n) is 7.63. The zero-order valence-corrected chi connectivity index (χ0v) is 16.6. The number of nitrogens with one attached hydrogen (secondary N) is 1. The van der Waals surface area contributed by atoms with E-state index in [1.807, 2.05) is 30.9 Å². The van der Waals surface area contributed by atoms with E-state index < -0.39 is 0 Å². The van der Waals surface area contributed by atoms with Crippen LogP contribution in [0.1, 0.15) is 81.9 Å². The van der Waals surface area contributed by atoms with Gasteiger partial charge in [-0.2, -0.15) is 0 Å². The molecule has 3 heterocycles. The highest BCUT2D eigenvalue weighted by Gasteiger charge is 2.35. The van der Waals surface area contributed by atoms with Crippen LogP contribution in [0.2, 0.25) is 0 Å². The highest BCUT2D eigenvalue weighted by Crippen LogP contribution is 2.37. The van der Waals surface area contributed by atoms with Gasteiger partial charge >= 0.3 is 0 Å². The van der Waals surface area contributed by atoms with Crippen molar-refractivity contribution in [3.8, 4) is 0 Å². The number of carbonyl (C=O) groups excluding carboxylic acids is 2. The van der Waals surface area contributed by atoms with Crippen molar-refractivity contribution in [1.82, 2.24) is 15.4 Å². The van der Waals surface area contributed by atoms with Gasteiger partial charge in [-0.25, -0.2) is 0 Å². The van der Waals surface area contributed by atoms with Crippen molar-refractivity contribution in [2.75, 3.05) is 6.54 Å². The number of aromatic nitrogens is 1. The predicted octanol–water partition coefficient (Wildman–Crippen LogP) is 3.73. The topological polar surface area (TPSA) is 75.4 Å². The van der Waals surface area contributed by atoms with Crippen molar-refractivity contribution in [2.24, 2.45) is 0 Å². The number of hydrogen-bond acceptors (Lipinski definition) is 5. The first-order valence-electron chi connectivity index (χ1n) is 9.73. The van der Waals surface area contributed by atoms with Gasteiger partial charge in [0.2, 0.25) is 0 Å². The van der Waals surface area contributed by atoms with Gasteiger partial charge in [-0.1, -0.05) is 5.16 Å². The molecule has 27 heavy (non-hydrogen) atoms. The zero-order chi connectivity index (χ0) is 19.0. The number of thiophene rings is 1. The van der Waals surface area contributed by atoms with Gasteiger partial charge < -0.3 is 14.7 Å². The molecule has 2 aliphatic rings. The highest BCUT2D eigenvalue weighted by atomic mass is 32.1. The van der Waals surface area contributed by atoms with Crippen molar-refractivity contribution in [2.45, 2.75) is 64.5 Å². The van der Waals surface area contributed by atoms with Gasteiger partial charge in [0, 0.05) is 29.4 Å². The molecular formula is C20H25N3O3S. The lowest BCUT2D eigenvalue weighted by Gasteiger charge is -2.23. The molecule has 1 aliphatic carbocycles. The Balaban J connectivity index is 1.54. The molecule has 7 heteroatoms. The maximum Gasteiger partial charge on any atom is 0.276 e. The van der Waals surface area contributed by atoms with E-state index in [4.69, 9.17) is 4.52 Å². The van der Waals surface area contributed by atoms with E-state index in [1.54, 1.807) is 0 Å². The standard InChI is InChI=1S/C20H25N3O3S/c1-12(2)21-19(24)17-10-9-16(27-17)14-7-5-11-23(14)20(25)18-13-6-3-4-8-15(13)26-22-18/h9-10,12,14H,3-8,11H2,1-2H3,(H,21,24)/t14-/m0/s1. The first kappa shape index (κ1) is 18.2. The summed E-state index contributed by atoms with van der Waals surface area (Å²) in [4.78, 5) is 29.1. The lowest BCUT2D eigenvalue weighted by atomic mass is 9.96. The van der Waals surface area contributed by atoms with E-state index in [1.165, 1.54) is 11.3 Å². The van der Waals surface area contributed by atoms with Crippen LogP contribution >= 0.6 is 11.3 Å². The summed E-state index contributed by atoms with van der Waals surface area (Å²) in [6, 6.07) is 3.95. The number of amides is 2. The monoisotopic (exact) mass is 387 g/mol. The van der Waals surface area contributed by atoms with Crippen molar-refractivity contribution >= 4 is 23.2 Å². The minimum atomic E-state index is -0.0531. The fraction of sp³-hybridized carbons (Fsp3) is 0.550. The van der Waals surface area contributed by atoms with Crippen molar-refractivity contribution in [3.05, 3.63) is 38.9 Å². The van der Waals surface area contributed by atoms with Gasteiger partial charge in [0.05, 0.1) is 10.9 Å². The highest BCUT2D eigenvalue weighted by molar-refractivity contribution is 7.14. The van der Waals surface area contributed by atoms with Crippen LogP contribution in [0, 0.1) is 0 Å². The lowest BCUT2D eigenvalue weighted by molar-refractivity contribution is 0.0726. The molecule has 1 fully saturated rings. The number of carbonyl (C=O) groups is 2. The number of rotatable bonds is 4. The summed E-state index contributed by atoms with van der Waals surface area (Å²) in [7, 11) is 0. The molecule has 1 N–H and O–H groups in total. The summed E-state index contributed by atoms with van der Waals surface area (Å²) in [6.45, 7) is 4.61. The number of fused-ring (bicyclic) bond motifs is 1. The second kappa shape index (κ2) is 7.46. The average Bonchev–Trinajstić information content (AvgIpc) is 3.38. The summed E-state index contributed by atoms with van der Waals surface area (Å²) in [5.74, 6) is 0.790. The van der Waals surface area contributed by atoms with Gasteiger partial charge in [0.25, 0.3) is 11.8 Å². The van der Waals surface area contributed by atoms with Crippen LogP contribution < -0.4 is 5.32 Å². The minimum Gasteiger partial charge on any atom is -0.360 e. The molecule has 0 radical (unpaired) electrons. The number of aryl methyl sites for hydroxylation is 1. The molecule has 1 atom stereocenters. The second-order valence-corrected chi connectivity index (χ2v) is 8.74. The normalized spacial score (nSPS) is 19.4. The third-order valence-electron chi connectivity index (χ3n) is 5.27. The maximum absolute atomic E-state index is 13.2.